The SMILES string of the molecule is CCOCCn1c(-c2ccc(N3CCCC3C)nc2)nc2c(C)c(Br)ccc21. The predicted octanol–water partition coefficient (Wildman–Crippen LogP) is 5.19. The molecule has 1 fully saturated rings. The zero-order valence-electron chi connectivity index (χ0n) is 16.8. The van der Waals surface area contributed by atoms with Crippen molar-refractivity contribution in [2.45, 2.75) is 46.2 Å². The Hall–Kier alpha value is -1.92. The van der Waals surface area contributed by atoms with Gasteiger partial charge in [0.25, 0.3) is 0 Å². The molecule has 0 spiro atoms. The monoisotopic (exact) mass is 442 g/mol. The van der Waals surface area contributed by atoms with Gasteiger partial charge in [0.15, 0.2) is 0 Å². The van der Waals surface area contributed by atoms with Crippen LogP contribution in [0.25, 0.3) is 22.4 Å². The van der Waals surface area contributed by atoms with Crippen molar-refractivity contribution in [3.05, 3.63) is 40.5 Å². The molecule has 0 amide bonds. The number of imidazole rings is 1. The quantitative estimate of drug-likeness (QED) is 0.492. The molecule has 1 aliphatic rings. The van der Waals surface area contributed by atoms with Gasteiger partial charge in [0.05, 0.1) is 17.6 Å². The minimum absolute atomic E-state index is 0.564. The predicted molar refractivity (Wildman–Crippen MR) is 118 cm³/mol. The number of ether oxygens (including phenoxy) is 1. The van der Waals surface area contributed by atoms with E-state index in [1.807, 2.05) is 13.1 Å². The molecule has 6 heteroatoms. The molecule has 148 valence electrons. The van der Waals surface area contributed by atoms with E-state index in [0.29, 0.717) is 12.6 Å². The fraction of sp³-hybridized carbons (Fsp3) is 0.455. The Morgan fingerprint density at radius 3 is 2.79 bits per heavy atom. The van der Waals surface area contributed by atoms with Gasteiger partial charge in [-0.05, 0) is 63.4 Å². The Morgan fingerprint density at radius 2 is 2.11 bits per heavy atom. The van der Waals surface area contributed by atoms with Crippen molar-refractivity contribution in [1.82, 2.24) is 14.5 Å². The summed E-state index contributed by atoms with van der Waals surface area (Å²) in [6.45, 7) is 9.65. The van der Waals surface area contributed by atoms with E-state index >= 15 is 0 Å². The molecule has 0 radical (unpaired) electrons. The van der Waals surface area contributed by atoms with Crippen LogP contribution in [0.5, 0.6) is 0 Å². The molecular weight excluding hydrogens is 416 g/mol. The van der Waals surface area contributed by atoms with Gasteiger partial charge in [-0.15, -0.1) is 0 Å². The lowest BCUT2D eigenvalue weighted by atomic mass is 10.2. The second-order valence-electron chi connectivity index (χ2n) is 7.41. The van der Waals surface area contributed by atoms with Crippen LogP contribution in [0.1, 0.15) is 32.3 Å². The zero-order chi connectivity index (χ0) is 19.7. The van der Waals surface area contributed by atoms with Crippen LogP contribution < -0.4 is 4.90 Å². The lowest BCUT2D eigenvalue weighted by molar-refractivity contribution is 0.140. The summed E-state index contributed by atoms with van der Waals surface area (Å²) >= 11 is 3.63. The summed E-state index contributed by atoms with van der Waals surface area (Å²) in [7, 11) is 0. The van der Waals surface area contributed by atoms with Crippen LogP contribution in [0.3, 0.4) is 0 Å². The van der Waals surface area contributed by atoms with Crippen molar-refractivity contribution in [1.29, 1.82) is 0 Å². The number of anilines is 1. The van der Waals surface area contributed by atoms with E-state index in [9.17, 15) is 0 Å². The number of aromatic nitrogens is 3. The summed E-state index contributed by atoms with van der Waals surface area (Å²) in [5, 5.41) is 0. The van der Waals surface area contributed by atoms with E-state index in [1.165, 1.54) is 12.8 Å². The number of halogens is 1. The minimum atomic E-state index is 0.564. The van der Waals surface area contributed by atoms with Gasteiger partial charge < -0.3 is 14.2 Å². The third-order valence-electron chi connectivity index (χ3n) is 5.62. The number of hydrogen-bond donors (Lipinski definition) is 0. The van der Waals surface area contributed by atoms with Crippen molar-refractivity contribution in [3.8, 4) is 11.4 Å². The molecule has 28 heavy (non-hydrogen) atoms. The van der Waals surface area contributed by atoms with Crippen molar-refractivity contribution < 1.29 is 4.74 Å². The van der Waals surface area contributed by atoms with Crippen molar-refractivity contribution >= 4 is 32.8 Å². The summed E-state index contributed by atoms with van der Waals surface area (Å²) in [6.07, 6.45) is 4.44. The summed E-state index contributed by atoms with van der Waals surface area (Å²) in [6, 6.07) is 9.07. The zero-order valence-corrected chi connectivity index (χ0v) is 18.4. The first kappa shape index (κ1) is 19.4. The Labute approximate surface area is 174 Å². The normalized spacial score (nSPS) is 17.0. The number of benzene rings is 1. The molecule has 0 aliphatic carbocycles. The van der Waals surface area contributed by atoms with Gasteiger partial charge in [-0.2, -0.15) is 0 Å². The molecule has 0 bridgehead atoms. The van der Waals surface area contributed by atoms with E-state index in [0.717, 1.165) is 58.0 Å². The molecule has 1 saturated heterocycles. The summed E-state index contributed by atoms with van der Waals surface area (Å²) in [5.74, 6) is 2.01. The van der Waals surface area contributed by atoms with Gasteiger partial charge in [-0.1, -0.05) is 15.9 Å². The number of hydrogen-bond acceptors (Lipinski definition) is 4. The average molecular weight is 443 g/mol. The summed E-state index contributed by atoms with van der Waals surface area (Å²) < 4.78 is 8.95. The van der Waals surface area contributed by atoms with Gasteiger partial charge in [0.2, 0.25) is 0 Å². The second-order valence-corrected chi connectivity index (χ2v) is 8.27. The number of aryl methyl sites for hydroxylation is 1. The Balaban J connectivity index is 1.74. The highest BCUT2D eigenvalue weighted by molar-refractivity contribution is 9.10. The molecule has 5 nitrogen and oxygen atoms in total. The first-order valence-corrected chi connectivity index (χ1v) is 10.9. The first-order chi connectivity index (χ1) is 13.6. The fourth-order valence-corrected chi connectivity index (χ4v) is 4.33. The topological polar surface area (TPSA) is 43.2 Å². The molecule has 3 heterocycles. The van der Waals surface area contributed by atoms with Crippen LogP contribution >= 0.6 is 15.9 Å². The molecule has 2 aromatic heterocycles. The summed E-state index contributed by atoms with van der Waals surface area (Å²) in [5.41, 5.74) is 4.36. The lowest BCUT2D eigenvalue weighted by Gasteiger charge is -2.22. The van der Waals surface area contributed by atoms with Gasteiger partial charge in [0.1, 0.15) is 11.6 Å². The van der Waals surface area contributed by atoms with Gasteiger partial charge in [-0.25, -0.2) is 9.97 Å². The Bertz CT molecular complexity index is 967. The first-order valence-electron chi connectivity index (χ1n) is 10.1. The van der Waals surface area contributed by atoms with E-state index in [-0.39, 0.29) is 0 Å². The molecule has 0 saturated carbocycles. The third kappa shape index (κ3) is 3.55. The van der Waals surface area contributed by atoms with Crippen LogP contribution in [0.2, 0.25) is 0 Å². The van der Waals surface area contributed by atoms with E-state index in [4.69, 9.17) is 14.7 Å². The maximum absolute atomic E-state index is 5.62. The Morgan fingerprint density at radius 1 is 1.25 bits per heavy atom. The standard InChI is InChI=1S/C22H27BrN4O/c1-4-28-13-12-27-19-9-8-18(23)16(3)21(19)25-22(27)17-7-10-20(24-14-17)26-11-5-6-15(26)2/h7-10,14-15H,4-6,11-13H2,1-3H3. The van der Waals surface area contributed by atoms with Crippen molar-refractivity contribution in [3.63, 3.8) is 0 Å². The van der Waals surface area contributed by atoms with Crippen LogP contribution in [0, 0.1) is 6.92 Å². The van der Waals surface area contributed by atoms with Crippen LogP contribution in [0.4, 0.5) is 5.82 Å². The van der Waals surface area contributed by atoms with Gasteiger partial charge in [0, 0.05) is 42.0 Å². The molecular formula is C22H27BrN4O. The molecule has 1 aliphatic heterocycles. The highest BCUT2D eigenvalue weighted by Crippen LogP contribution is 2.31. The lowest BCUT2D eigenvalue weighted by Crippen LogP contribution is -2.26. The highest BCUT2D eigenvalue weighted by Gasteiger charge is 2.22. The number of nitrogens with zero attached hydrogens (tertiary/aromatic N) is 4. The number of pyridine rings is 1. The van der Waals surface area contributed by atoms with E-state index in [2.05, 4.69) is 63.5 Å². The number of rotatable bonds is 6. The molecule has 1 atom stereocenters. The average Bonchev–Trinajstić information content (AvgIpc) is 3.29. The maximum Gasteiger partial charge on any atom is 0.142 e. The van der Waals surface area contributed by atoms with Crippen molar-refractivity contribution in [2.24, 2.45) is 0 Å². The summed E-state index contributed by atoms with van der Waals surface area (Å²) in [4.78, 5) is 12.1. The molecule has 0 N–H and O–H groups in total. The van der Waals surface area contributed by atoms with Crippen LogP contribution in [-0.2, 0) is 11.3 Å². The molecule has 1 unspecified atom stereocenters. The van der Waals surface area contributed by atoms with E-state index in [1.54, 1.807) is 0 Å². The smallest absolute Gasteiger partial charge is 0.142 e. The maximum atomic E-state index is 5.62. The number of fused-ring (bicyclic) bond motifs is 1. The van der Waals surface area contributed by atoms with Gasteiger partial charge in [-0.3, -0.25) is 0 Å². The highest BCUT2D eigenvalue weighted by atomic mass is 79.9. The Kier molecular flexibility index (Phi) is 5.69. The van der Waals surface area contributed by atoms with Crippen LogP contribution in [0.15, 0.2) is 34.9 Å². The third-order valence-corrected chi connectivity index (χ3v) is 6.48. The van der Waals surface area contributed by atoms with Crippen LogP contribution in [-0.4, -0.2) is 40.3 Å². The molecule has 4 rings (SSSR count). The largest absolute Gasteiger partial charge is 0.380 e. The minimum Gasteiger partial charge on any atom is -0.380 e. The second kappa shape index (κ2) is 8.21. The molecule has 3 aromatic rings. The molecule has 1 aromatic carbocycles. The van der Waals surface area contributed by atoms with Crippen molar-refractivity contribution in [2.75, 3.05) is 24.7 Å². The van der Waals surface area contributed by atoms with Gasteiger partial charge >= 0.3 is 0 Å². The van der Waals surface area contributed by atoms with E-state index < -0.39 is 0 Å². The fourth-order valence-electron chi connectivity index (χ4n) is 4.01.